The van der Waals surface area contributed by atoms with Crippen LogP contribution in [0.15, 0.2) is 30.6 Å². The first kappa shape index (κ1) is 10.2. The van der Waals surface area contributed by atoms with Gasteiger partial charge in [0, 0.05) is 23.3 Å². The van der Waals surface area contributed by atoms with E-state index in [1.54, 1.807) is 10.9 Å². The Bertz CT molecular complexity index is 476. The van der Waals surface area contributed by atoms with Crippen molar-refractivity contribution < 1.29 is 0 Å². The SMILES string of the molecule is Cc1ccc(Cl)cc1-n1cc(CN)cn1. The highest BCUT2D eigenvalue weighted by molar-refractivity contribution is 6.30. The first-order valence-corrected chi connectivity index (χ1v) is 5.08. The Labute approximate surface area is 93.5 Å². The van der Waals surface area contributed by atoms with Crippen LogP contribution in [-0.2, 0) is 6.54 Å². The van der Waals surface area contributed by atoms with Gasteiger partial charge in [0.05, 0.1) is 11.9 Å². The topological polar surface area (TPSA) is 43.8 Å². The summed E-state index contributed by atoms with van der Waals surface area (Å²) in [7, 11) is 0. The first-order chi connectivity index (χ1) is 7.20. The van der Waals surface area contributed by atoms with Crippen molar-refractivity contribution in [2.75, 3.05) is 0 Å². The van der Waals surface area contributed by atoms with Gasteiger partial charge in [-0.3, -0.25) is 0 Å². The lowest BCUT2D eigenvalue weighted by Crippen LogP contribution is -1.98. The van der Waals surface area contributed by atoms with E-state index in [0.717, 1.165) is 16.8 Å². The van der Waals surface area contributed by atoms with Crippen LogP contribution in [0.5, 0.6) is 0 Å². The summed E-state index contributed by atoms with van der Waals surface area (Å²) in [5, 5.41) is 4.95. The van der Waals surface area contributed by atoms with Crippen molar-refractivity contribution in [2.24, 2.45) is 5.73 Å². The summed E-state index contributed by atoms with van der Waals surface area (Å²) in [6.45, 7) is 2.52. The van der Waals surface area contributed by atoms with Crippen LogP contribution in [0.4, 0.5) is 0 Å². The zero-order chi connectivity index (χ0) is 10.8. The zero-order valence-electron chi connectivity index (χ0n) is 8.44. The Kier molecular flexibility index (Phi) is 2.75. The van der Waals surface area contributed by atoms with E-state index in [9.17, 15) is 0 Å². The van der Waals surface area contributed by atoms with E-state index in [0.29, 0.717) is 11.6 Å². The standard InChI is InChI=1S/C11H12ClN3/c1-8-2-3-10(12)4-11(8)15-7-9(5-13)6-14-15/h2-4,6-7H,5,13H2,1H3. The molecule has 15 heavy (non-hydrogen) atoms. The van der Waals surface area contributed by atoms with Crippen molar-refractivity contribution in [3.8, 4) is 5.69 Å². The van der Waals surface area contributed by atoms with Gasteiger partial charge < -0.3 is 5.73 Å². The summed E-state index contributed by atoms with van der Waals surface area (Å²) < 4.78 is 1.80. The fourth-order valence-electron chi connectivity index (χ4n) is 1.43. The Morgan fingerprint density at radius 3 is 2.93 bits per heavy atom. The molecule has 2 aromatic rings. The van der Waals surface area contributed by atoms with Crippen molar-refractivity contribution in [3.63, 3.8) is 0 Å². The summed E-state index contributed by atoms with van der Waals surface area (Å²) in [6, 6.07) is 5.74. The molecule has 3 nitrogen and oxygen atoms in total. The van der Waals surface area contributed by atoms with Crippen LogP contribution in [0.3, 0.4) is 0 Å². The first-order valence-electron chi connectivity index (χ1n) is 4.71. The lowest BCUT2D eigenvalue weighted by molar-refractivity contribution is 0.872. The molecule has 0 spiro atoms. The van der Waals surface area contributed by atoms with Gasteiger partial charge in [0.15, 0.2) is 0 Å². The molecule has 4 heteroatoms. The van der Waals surface area contributed by atoms with Gasteiger partial charge in [0.25, 0.3) is 0 Å². The molecular formula is C11H12ClN3. The second kappa shape index (κ2) is 4.04. The molecule has 0 atom stereocenters. The second-order valence-electron chi connectivity index (χ2n) is 3.43. The van der Waals surface area contributed by atoms with Crippen LogP contribution in [0.1, 0.15) is 11.1 Å². The minimum absolute atomic E-state index is 0.500. The van der Waals surface area contributed by atoms with Crippen LogP contribution in [0, 0.1) is 6.92 Å². The van der Waals surface area contributed by atoms with Crippen LogP contribution >= 0.6 is 11.6 Å². The molecule has 0 unspecified atom stereocenters. The number of hydrogen-bond acceptors (Lipinski definition) is 2. The van der Waals surface area contributed by atoms with Crippen LogP contribution in [0.25, 0.3) is 5.69 Å². The van der Waals surface area contributed by atoms with Crippen molar-refractivity contribution in [2.45, 2.75) is 13.5 Å². The lowest BCUT2D eigenvalue weighted by Gasteiger charge is -2.05. The minimum atomic E-state index is 0.500. The number of halogens is 1. The highest BCUT2D eigenvalue weighted by Gasteiger charge is 2.03. The molecule has 0 saturated heterocycles. The molecule has 0 radical (unpaired) electrons. The van der Waals surface area contributed by atoms with Gasteiger partial charge in [-0.25, -0.2) is 4.68 Å². The third kappa shape index (κ3) is 2.03. The van der Waals surface area contributed by atoms with Crippen LogP contribution in [-0.4, -0.2) is 9.78 Å². The van der Waals surface area contributed by atoms with Gasteiger partial charge in [-0.15, -0.1) is 0 Å². The lowest BCUT2D eigenvalue weighted by atomic mass is 10.2. The molecule has 0 fully saturated rings. The highest BCUT2D eigenvalue weighted by Crippen LogP contribution is 2.19. The van der Waals surface area contributed by atoms with Gasteiger partial charge in [-0.1, -0.05) is 17.7 Å². The van der Waals surface area contributed by atoms with Crippen LogP contribution in [0.2, 0.25) is 5.02 Å². The summed E-state index contributed by atoms with van der Waals surface area (Å²) in [6.07, 6.45) is 3.68. The quantitative estimate of drug-likeness (QED) is 0.846. The molecule has 2 N–H and O–H groups in total. The maximum atomic E-state index is 5.94. The number of benzene rings is 1. The number of hydrogen-bond donors (Lipinski definition) is 1. The molecule has 1 aromatic heterocycles. The largest absolute Gasteiger partial charge is 0.326 e. The van der Waals surface area contributed by atoms with Gasteiger partial charge in [-0.05, 0) is 24.6 Å². The zero-order valence-corrected chi connectivity index (χ0v) is 9.20. The smallest absolute Gasteiger partial charge is 0.0689 e. The van der Waals surface area contributed by atoms with E-state index >= 15 is 0 Å². The number of nitrogens with zero attached hydrogens (tertiary/aromatic N) is 2. The van der Waals surface area contributed by atoms with Crippen molar-refractivity contribution in [3.05, 3.63) is 46.7 Å². The summed E-state index contributed by atoms with van der Waals surface area (Å²) >= 11 is 5.94. The highest BCUT2D eigenvalue weighted by atomic mass is 35.5. The van der Waals surface area contributed by atoms with E-state index in [1.807, 2.05) is 31.3 Å². The molecule has 0 saturated carbocycles. The third-order valence-electron chi connectivity index (χ3n) is 2.29. The number of rotatable bonds is 2. The third-order valence-corrected chi connectivity index (χ3v) is 2.52. The van der Waals surface area contributed by atoms with E-state index in [1.165, 1.54) is 0 Å². The number of aromatic nitrogens is 2. The fraction of sp³-hybridized carbons (Fsp3) is 0.182. The van der Waals surface area contributed by atoms with Gasteiger partial charge in [0.2, 0.25) is 0 Å². The van der Waals surface area contributed by atoms with E-state index in [2.05, 4.69) is 5.10 Å². The molecular weight excluding hydrogens is 210 g/mol. The molecule has 0 aliphatic heterocycles. The van der Waals surface area contributed by atoms with E-state index in [-0.39, 0.29) is 0 Å². The molecule has 78 valence electrons. The predicted octanol–water partition coefficient (Wildman–Crippen LogP) is 2.29. The Hall–Kier alpha value is -1.32. The Balaban J connectivity index is 2.48. The number of nitrogens with two attached hydrogens (primary N) is 1. The van der Waals surface area contributed by atoms with Gasteiger partial charge in [0.1, 0.15) is 0 Å². The van der Waals surface area contributed by atoms with Crippen molar-refractivity contribution >= 4 is 11.6 Å². The maximum Gasteiger partial charge on any atom is 0.0689 e. The predicted molar refractivity (Wildman–Crippen MR) is 61.2 cm³/mol. The maximum absolute atomic E-state index is 5.94. The van der Waals surface area contributed by atoms with Crippen molar-refractivity contribution in [1.29, 1.82) is 0 Å². The molecule has 0 aliphatic rings. The van der Waals surface area contributed by atoms with Crippen molar-refractivity contribution in [1.82, 2.24) is 9.78 Å². The molecule has 2 rings (SSSR count). The van der Waals surface area contributed by atoms with Gasteiger partial charge >= 0.3 is 0 Å². The molecule has 1 aromatic carbocycles. The second-order valence-corrected chi connectivity index (χ2v) is 3.86. The summed E-state index contributed by atoms with van der Waals surface area (Å²) in [5.41, 5.74) is 8.66. The normalized spacial score (nSPS) is 10.6. The minimum Gasteiger partial charge on any atom is -0.326 e. The van der Waals surface area contributed by atoms with E-state index < -0.39 is 0 Å². The average molecular weight is 222 g/mol. The average Bonchev–Trinajstić information content (AvgIpc) is 2.70. The molecule has 1 heterocycles. The molecule has 0 bridgehead atoms. The monoisotopic (exact) mass is 221 g/mol. The van der Waals surface area contributed by atoms with Crippen LogP contribution < -0.4 is 5.73 Å². The van der Waals surface area contributed by atoms with Gasteiger partial charge in [-0.2, -0.15) is 5.10 Å². The summed E-state index contributed by atoms with van der Waals surface area (Å²) in [4.78, 5) is 0. The fourth-order valence-corrected chi connectivity index (χ4v) is 1.59. The number of aryl methyl sites for hydroxylation is 1. The Morgan fingerprint density at radius 2 is 2.27 bits per heavy atom. The molecule has 0 aliphatic carbocycles. The molecule has 0 amide bonds. The summed E-state index contributed by atoms with van der Waals surface area (Å²) in [5.74, 6) is 0. The van der Waals surface area contributed by atoms with E-state index in [4.69, 9.17) is 17.3 Å². The Morgan fingerprint density at radius 1 is 1.47 bits per heavy atom.